The number of ether oxygens (including phenoxy) is 4. The first-order chi connectivity index (χ1) is 11.1. The first-order valence-electron chi connectivity index (χ1n) is 7.88. The number of carbonyl (C=O) groups excluding carboxylic acids is 2. The molecule has 0 aliphatic rings. The average molecular weight is 334 g/mol. The molecular formula is C15H30N2O6. The van der Waals surface area contributed by atoms with Crippen molar-refractivity contribution in [2.24, 2.45) is 11.7 Å². The first-order valence-corrected chi connectivity index (χ1v) is 7.88. The van der Waals surface area contributed by atoms with Gasteiger partial charge in [0, 0.05) is 19.0 Å². The lowest BCUT2D eigenvalue weighted by molar-refractivity contribution is -0.128. The number of hydrogen-bond donors (Lipinski definition) is 2. The molecule has 0 aliphatic heterocycles. The Labute approximate surface area is 138 Å². The molecule has 0 saturated carbocycles. The zero-order valence-electron chi connectivity index (χ0n) is 14.2. The van der Waals surface area contributed by atoms with Crippen molar-refractivity contribution in [3.63, 3.8) is 0 Å². The lowest BCUT2D eigenvalue weighted by Crippen LogP contribution is -2.31. The van der Waals surface area contributed by atoms with Crippen LogP contribution in [-0.2, 0) is 28.5 Å². The molecule has 0 bridgehead atoms. The number of ketones is 1. The minimum atomic E-state index is -0.203. The molecular weight excluding hydrogens is 304 g/mol. The zero-order valence-corrected chi connectivity index (χ0v) is 14.2. The Morgan fingerprint density at radius 2 is 1.43 bits per heavy atom. The molecule has 136 valence electrons. The smallest absolute Gasteiger partial charge is 0.246 e. The summed E-state index contributed by atoms with van der Waals surface area (Å²) in [6.45, 7) is 7.04. The van der Waals surface area contributed by atoms with Crippen LogP contribution in [0, 0.1) is 5.92 Å². The second kappa shape index (κ2) is 15.8. The van der Waals surface area contributed by atoms with E-state index >= 15 is 0 Å². The van der Waals surface area contributed by atoms with Gasteiger partial charge >= 0.3 is 0 Å². The normalized spacial score (nSPS) is 11.0. The third kappa shape index (κ3) is 15.6. The van der Waals surface area contributed by atoms with Crippen LogP contribution in [0.5, 0.6) is 0 Å². The van der Waals surface area contributed by atoms with Crippen molar-refractivity contribution in [3.8, 4) is 0 Å². The van der Waals surface area contributed by atoms with Crippen molar-refractivity contribution in [1.29, 1.82) is 0 Å². The molecule has 0 aliphatic carbocycles. The summed E-state index contributed by atoms with van der Waals surface area (Å²) in [4.78, 5) is 22.7. The van der Waals surface area contributed by atoms with Gasteiger partial charge in [-0.05, 0) is 0 Å². The van der Waals surface area contributed by atoms with E-state index in [2.05, 4.69) is 5.32 Å². The minimum absolute atomic E-state index is 0.00753. The number of rotatable bonds is 16. The summed E-state index contributed by atoms with van der Waals surface area (Å²) >= 11 is 0. The van der Waals surface area contributed by atoms with Crippen molar-refractivity contribution in [1.82, 2.24) is 5.32 Å². The Bertz CT molecular complexity index is 312. The molecule has 0 rings (SSSR count). The highest BCUT2D eigenvalue weighted by Crippen LogP contribution is 1.94. The number of hydrogen-bond acceptors (Lipinski definition) is 7. The zero-order chi connectivity index (χ0) is 17.3. The average Bonchev–Trinajstić information content (AvgIpc) is 2.52. The predicted octanol–water partition coefficient (Wildman–Crippen LogP) is -0.647. The van der Waals surface area contributed by atoms with E-state index < -0.39 is 0 Å². The monoisotopic (exact) mass is 334 g/mol. The standard InChI is InChI=1S/C15H30N2O6/c1-13(2)14(18)11-22-9-8-21-6-4-17-15(19)12-23-10-7-20-5-3-16/h13H,3-12,16H2,1-2H3,(H,17,19). The van der Waals surface area contributed by atoms with Gasteiger partial charge < -0.3 is 30.0 Å². The lowest BCUT2D eigenvalue weighted by atomic mass is 10.1. The fraction of sp³-hybridized carbons (Fsp3) is 0.867. The number of Topliss-reactive ketones (excluding diaryl/α,β-unsaturated/α-hetero) is 1. The van der Waals surface area contributed by atoms with Crippen molar-refractivity contribution in [3.05, 3.63) is 0 Å². The molecule has 0 aromatic carbocycles. The van der Waals surface area contributed by atoms with Crippen LogP contribution >= 0.6 is 0 Å². The van der Waals surface area contributed by atoms with E-state index in [1.807, 2.05) is 13.8 Å². The third-order valence-corrected chi connectivity index (χ3v) is 2.70. The Hall–Kier alpha value is -1.06. The first kappa shape index (κ1) is 21.9. The lowest BCUT2D eigenvalue weighted by Gasteiger charge is -2.08. The molecule has 23 heavy (non-hydrogen) atoms. The van der Waals surface area contributed by atoms with Gasteiger partial charge in [-0.3, -0.25) is 9.59 Å². The predicted molar refractivity (Wildman–Crippen MR) is 85.2 cm³/mol. The van der Waals surface area contributed by atoms with Gasteiger partial charge in [-0.25, -0.2) is 0 Å². The summed E-state index contributed by atoms with van der Waals surface area (Å²) < 4.78 is 20.7. The van der Waals surface area contributed by atoms with E-state index in [0.717, 1.165) is 0 Å². The van der Waals surface area contributed by atoms with Crippen LogP contribution in [0.25, 0.3) is 0 Å². The van der Waals surface area contributed by atoms with Crippen LogP contribution < -0.4 is 11.1 Å². The van der Waals surface area contributed by atoms with Crippen molar-refractivity contribution in [2.45, 2.75) is 13.8 Å². The molecule has 8 nitrogen and oxygen atoms in total. The van der Waals surface area contributed by atoms with Gasteiger partial charge in [0.2, 0.25) is 5.91 Å². The fourth-order valence-electron chi connectivity index (χ4n) is 1.34. The quantitative estimate of drug-likeness (QED) is 0.361. The summed E-state index contributed by atoms with van der Waals surface area (Å²) in [6.07, 6.45) is 0. The van der Waals surface area contributed by atoms with Gasteiger partial charge in [0.25, 0.3) is 0 Å². The molecule has 1 amide bonds. The topological polar surface area (TPSA) is 109 Å². The summed E-state index contributed by atoms with van der Waals surface area (Å²) in [6, 6.07) is 0. The summed E-state index contributed by atoms with van der Waals surface area (Å²) in [5.74, 6) is -0.141. The molecule has 0 heterocycles. The highest BCUT2D eigenvalue weighted by atomic mass is 16.5. The second-order valence-corrected chi connectivity index (χ2v) is 5.09. The molecule has 0 radical (unpaired) electrons. The van der Waals surface area contributed by atoms with Gasteiger partial charge in [0.1, 0.15) is 13.2 Å². The van der Waals surface area contributed by atoms with E-state index in [1.165, 1.54) is 0 Å². The van der Waals surface area contributed by atoms with Crippen molar-refractivity contribution < 1.29 is 28.5 Å². The summed E-state index contributed by atoms with van der Waals surface area (Å²) in [7, 11) is 0. The van der Waals surface area contributed by atoms with Gasteiger partial charge in [-0.2, -0.15) is 0 Å². The molecule has 0 fully saturated rings. The van der Waals surface area contributed by atoms with Gasteiger partial charge in [-0.1, -0.05) is 13.8 Å². The maximum atomic E-state index is 11.4. The SMILES string of the molecule is CC(C)C(=O)COCCOCCNC(=O)COCCOCCN. The number of nitrogens with one attached hydrogen (secondary N) is 1. The van der Waals surface area contributed by atoms with Crippen LogP contribution in [0.3, 0.4) is 0 Å². The highest BCUT2D eigenvalue weighted by Gasteiger charge is 2.06. The molecule has 0 aromatic rings. The molecule has 0 spiro atoms. The van der Waals surface area contributed by atoms with Crippen molar-refractivity contribution >= 4 is 11.7 Å². The number of amides is 1. The molecule has 8 heteroatoms. The van der Waals surface area contributed by atoms with Crippen LogP contribution in [-0.4, -0.2) is 77.6 Å². The Morgan fingerprint density at radius 1 is 0.870 bits per heavy atom. The van der Waals surface area contributed by atoms with Crippen LogP contribution in [0.2, 0.25) is 0 Å². The summed E-state index contributed by atoms with van der Waals surface area (Å²) in [5.41, 5.74) is 5.26. The van der Waals surface area contributed by atoms with Gasteiger partial charge in [0.15, 0.2) is 5.78 Å². The maximum absolute atomic E-state index is 11.4. The van der Waals surface area contributed by atoms with Crippen LogP contribution in [0.1, 0.15) is 13.8 Å². The third-order valence-electron chi connectivity index (χ3n) is 2.70. The van der Waals surface area contributed by atoms with Gasteiger partial charge in [-0.15, -0.1) is 0 Å². The van der Waals surface area contributed by atoms with Crippen LogP contribution in [0.4, 0.5) is 0 Å². The Kier molecular flexibility index (Phi) is 15.1. The molecule has 0 saturated heterocycles. The Balaban J connectivity index is 3.25. The second-order valence-electron chi connectivity index (χ2n) is 5.09. The fourth-order valence-corrected chi connectivity index (χ4v) is 1.34. The largest absolute Gasteiger partial charge is 0.378 e. The molecule has 3 N–H and O–H groups in total. The van der Waals surface area contributed by atoms with Gasteiger partial charge in [0.05, 0.1) is 39.6 Å². The number of nitrogens with two attached hydrogens (primary N) is 1. The number of carbonyl (C=O) groups is 2. The minimum Gasteiger partial charge on any atom is -0.378 e. The van der Waals surface area contributed by atoms with E-state index in [-0.39, 0.29) is 30.8 Å². The molecule has 0 aromatic heterocycles. The highest BCUT2D eigenvalue weighted by molar-refractivity contribution is 5.81. The van der Waals surface area contributed by atoms with E-state index in [4.69, 9.17) is 24.7 Å². The van der Waals surface area contributed by atoms with E-state index in [1.54, 1.807) is 0 Å². The summed E-state index contributed by atoms with van der Waals surface area (Å²) in [5, 5.41) is 2.66. The Morgan fingerprint density at radius 3 is 2.04 bits per heavy atom. The maximum Gasteiger partial charge on any atom is 0.246 e. The van der Waals surface area contributed by atoms with E-state index in [0.29, 0.717) is 52.7 Å². The van der Waals surface area contributed by atoms with E-state index in [9.17, 15) is 9.59 Å². The molecule has 0 unspecified atom stereocenters. The van der Waals surface area contributed by atoms with Crippen LogP contribution in [0.15, 0.2) is 0 Å². The molecule has 0 atom stereocenters. The van der Waals surface area contributed by atoms with Crippen molar-refractivity contribution in [2.75, 3.05) is 65.9 Å².